The van der Waals surface area contributed by atoms with E-state index in [9.17, 15) is 9.90 Å². The summed E-state index contributed by atoms with van der Waals surface area (Å²) in [7, 11) is 3.05. The van der Waals surface area contributed by atoms with Crippen molar-refractivity contribution in [2.45, 2.75) is 26.9 Å². The second-order valence-electron chi connectivity index (χ2n) is 3.95. The van der Waals surface area contributed by atoms with Gasteiger partial charge >= 0.3 is 0 Å². The van der Waals surface area contributed by atoms with Crippen molar-refractivity contribution < 1.29 is 19.4 Å². The summed E-state index contributed by atoms with van der Waals surface area (Å²) in [6, 6.07) is 1.61. The normalized spacial score (nSPS) is 12.1. The fraction of sp³-hybridized carbons (Fsp3) is 0.462. The highest BCUT2D eigenvalue weighted by molar-refractivity contribution is 6.02. The molecule has 1 unspecified atom stereocenters. The summed E-state index contributed by atoms with van der Waals surface area (Å²) in [5, 5.41) is 9.37. The predicted molar refractivity (Wildman–Crippen MR) is 65.0 cm³/mol. The molecule has 1 aromatic carbocycles. The molecular weight excluding hydrogens is 220 g/mol. The number of benzene rings is 1. The maximum Gasteiger partial charge on any atom is 0.194 e. The second-order valence-corrected chi connectivity index (χ2v) is 3.95. The van der Waals surface area contributed by atoms with Gasteiger partial charge in [0.2, 0.25) is 0 Å². The van der Waals surface area contributed by atoms with Gasteiger partial charge in [-0.2, -0.15) is 0 Å². The van der Waals surface area contributed by atoms with Crippen LogP contribution in [0.2, 0.25) is 0 Å². The van der Waals surface area contributed by atoms with Gasteiger partial charge in [0.05, 0.1) is 19.8 Å². The average Bonchev–Trinajstić information content (AvgIpc) is 2.31. The minimum Gasteiger partial charge on any atom is -0.496 e. The number of carbonyl (C=O) groups is 1. The number of ketones is 1. The van der Waals surface area contributed by atoms with E-state index in [1.54, 1.807) is 13.2 Å². The highest BCUT2D eigenvalue weighted by Gasteiger charge is 2.21. The Morgan fingerprint density at radius 3 is 2.24 bits per heavy atom. The van der Waals surface area contributed by atoms with Crippen molar-refractivity contribution in [2.24, 2.45) is 0 Å². The van der Waals surface area contributed by atoms with Gasteiger partial charge in [0.1, 0.15) is 17.6 Å². The van der Waals surface area contributed by atoms with Crippen LogP contribution in [0.5, 0.6) is 11.5 Å². The fourth-order valence-corrected chi connectivity index (χ4v) is 1.75. The first-order chi connectivity index (χ1) is 7.93. The number of hydrogen-bond donors (Lipinski definition) is 1. The van der Waals surface area contributed by atoms with E-state index in [-0.39, 0.29) is 5.78 Å². The van der Waals surface area contributed by atoms with Crippen LogP contribution in [-0.2, 0) is 0 Å². The number of carbonyl (C=O) groups excluding carboxylic acids is 1. The Bertz CT molecular complexity index is 436. The summed E-state index contributed by atoms with van der Waals surface area (Å²) in [6.07, 6.45) is -1.06. The largest absolute Gasteiger partial charge is 0.496 e. The molecule has 0 fully saturated rings. The molecule has 1 N–H and O–H groups in total. The van der Waals surface area contributed by atoms with E-state index in [4.69, 9.17) is 9.47 Å². The quantitative estimate of drug-likeness (QED) is 0.814. The number of rotatable bonds is 4. The van der Waals surface area contributed by atoms with Crippen LogP contribution in [0.15, 0.2) is 6.07 Å². The van der Waals surface area contributed by atoms with Crippen molar-refractivity contribution in [1.29, 1.82) is 0 Å². The number of hydrogen-bond acceptors (Lipinski definition) is 4. The van der Waals surface area contributed by atoms with Gasteiger partial charge in [0, 0.05) is 0 Å². The number of Topliss-reactive ketones (excluding diaryl/α,β-unsaturated/α-hetero) is 1. The van der Waals surface area contributed by atoms with Gasteiger partial charge in [-0.05, 0) is 38.0 Å². The van der Waals surface area contributed by atoms with E-state index in [1.807, 2.05) is 13.8 Å². The molecule has 0 saturated heterocycles. The molecular formula is C13H18O4. The highest BCUT2D eigenvalue weighted by Crippen LogP contribution is 2.33. The average molecular weight is 238 g/mol. The van der Waals surface area contributed by atoms with Crippen molar-refractivity contribution in [3.63, 3.8) is 0 Å². The summed E-state index contributed by atoms with van der Waals surface area (Å²) in [5.41, 5.74) is 2.12. The summed E-state index contributed by atoms with van der Waals surface area (Å²) in [4.78, 5) is 11.9. The predicted octanol–water partition coefficient (Wildman–Crippen LogP) is 1.88. The maximum atomic E-state index is 11.9. The van der Waals surface area contributed by atoms with Gasteiger partial charge in [-0.3, -0.25) is 4.79 Å². The topological polar surface area (TPSA) is 55.8 Å². The first-order valence-corrected chi connectivity index (χ1v) is 5.38. The number of ether oxygens (including phenoxy) is 2. The summed E-state index contributed by atoms with van der Waals surface area (Å²) < 4.78 is 10.4. The molecule has 4 nitrogen and oxygen atoms in total. The molecule has 94 valence electrons. The Kier molecular flexibility index (Phi) is 4.12. The van der Waals surface area contributed by atoms with E-state index in [0.29, 0.717) is 17.1 Å². The van der Waals surface area contributed by atoms with Gasteiger partial charge in [-0.25, -0.2) is 0 Å². The van der Waals surface area contributed by atoms with Crippen LogP contribution in [-0.4, -0.2) is 31.2 Å². The Morgan fingerprint density at radius 2 is 1.82 bits per heavy atom. The van der Waals surface area contributed by atoms with Gasteiger partial charge < -0.3 is 14.6 Å². The third kappa shape index (κ3) is 2.42. The molecule has 1 atom stereocenters. The SMILES string of the molecule is COc1cc(C(=O)C(C)O)c(OC)c(C)c1C. The molecule has 0 aliphatic carbocycles. The maximum absolute atomic E-state index is 11.9. The third-order valence-corrected chi connectivity index (χ3v) is 2.86. The molecule has 1 aromatic rings. The molecule has 0 radical (unpaired) electrons. The van der Waals surface area contributed by atoms with Gasteiger partial charge in [0.15, 0.2) is 5.78 Å². The lowest BCUT2D eigenvalue weighted by atomic mass is 9.98. The monoisotopic (exact) mass is 238 g/mol. The molecule has 1 rings (SSSR count). The Balaban J connectivity index is 3.48. The van der Waals surface area contributed by atoms with Crippen LogP contribution in [0, 0.1) is 13.8 Å². The molecule has 0 spiro atoms. The lowest BCUT2D eigenvalue weighted by Crippen LogP contribution is -2.18. The smallest absolute Gasteiger partial charge is 0.194 e. The van der Waals surface area contributed by atoms with Crippen molar-refractivity contribution in [3.05, 3.63) is 22.8 Å². The molecule has 17 heavy (non-hydrogen) atoms. The second kappa shape index (κ2) is 5.19. The summed E-state index contributed by atoms with van der Waals surface area (Å²) >= 11 is 0. The molecule has 0 saturated carbocycles. The Morgan fingerprint density at radius 1 is 1.24 bits per heavy atom. The van der Waals surface area contributed by atoms with Crippen LogP contribution in [0.3, 0.4) is 0 Å². The van der Waals surface area contributed by atoms with Crippen LogP contribution in [0.4, 0.5) is 0 Å². The molecule has 0 bridgehead atoms. The van der Waals surface area contributed by atoms with Gasteiger partial charge in [0.25, 0.3) is 0 Å². The molecule has 0 heterocycles. The van der Waals surface area contributed by atoms with Crippen LogP contribution in [0.25, 0.3) is 0 Å². The standard InChI is InChI=1S/C13H18O4/c1-7-8(2)13(17-5)10(6-11(7)16-4)12(15)9(3)14/h6,9,14H,1-5H3. The molecule has 4 heteroatoms. The first-order valence-electron chi connectivity index (χ1n) is 5.38. The summed E-state index contributed by atoms with van der Waals surface area (Å²) in [5.74, 6) is 0.741. The van der Waals surface area contributed by atoms with E-state index < -0.39 is 6.10 Å². The minimum atomic E-state index is -1.06. The molecule has 0 aliphatic heterocycles. The van der Waals surface area contributed by atoms with Gasteiger partial charge in [-0.1, -0.05) is 0 Å². The number of aliphatic hydroxyl groups is 1. The van der Waals surface area contributed by atoms with E-state index in [1.165, 1.54) is 14.0 Å². The number of aliphatic hydroxyl groups excluding tert-OH is 1. The van der Waals surface area contributed by atoms with Crippen molar-refractivity contribution in [1.82, 2.24) is 0 Å². The Labute approximate surface area is 101 Å². The van der Waals surface area contributed by atoms with Crippen LogP contribution >= 0.6 is 0 Å². The van der Waals surface area contributed by atoms with Crippen LogP contribution in [0.1, 0.15) is 28.4 Å². The first kappa shape index (κ1) is 13.5. The van der Waals surface area contributed by atoms with E-state index in [2.05, 4.69) is 0 Å². The van der Waals surface area contributed by atoms with E-state index >= 15 is 0 Å². The van der Waals surface area contributed by atoms with Crippen molar-refractivity contribution in [2.75, 3.05) is 14.2 Å². The molecule has 0 amide bonds. The zero-order chi connectivity index (χ0) is 13.2. The van der Waals surface area contributed by atoms with Gasteiger partial charge in [-0.15, -0.1) is 0 Å². The third-order valence-electron chi connectivity index (χ3n) is 2.86. The van der Waals surface area contributed by atoms with E-state index in [0.717, 1.165) is 11.1 Å². The zero-order valence-electron chi connectivity index (χ0n) is 10.8. The van der Waals surface area contributed by atoms with Crippen molar-refractivity contribution >= 4 is 5.78 Å². The lowest BCUT2D eigenvalue weighted by Gasteiger charge is -2.16. The highest BCUT2D eigenvalue weighted by atomic mass is 16.5. The minimum absolute atomic E-state index is 0.349. The zero-order valence-corrected chi connectivity index (χ0v) is 10.8. The number of methoxy groups -OCH3 is 2. The lowest BCUT2D eigenvalue weighted by molar-refractivity contribution is 0.0776. The van der Waals surface area contributed by atoms with Crippen LogP contribution < -0.4 is 9.47 Å². The Hall–Kier alpha value is -1.55. The van der Waals surface area contributed by atoms with Crippen molar-refractivity contribution in [3.8, 4) is 11.5 Å². The molecule has 0 aromatic heterocycles. The summed E-state index contributed by atoms with van der Waals surface area (Å²) in [6.45, 7) is 5.19. The fourth-order valence-electron chi connectivity index (χ4n) is 1.75. The molecule has 0 aliphatic rings.